The zero-order valence-electron chi connectivity index (χ0n) is 7.90. The molecule has 1 fully saturated rings. The summed E-state index contributed by atoms with van der Waals surface area (Å²) in [6.07, 6.45) is 4.42. The molecule has 1 aliphatic rings. The Morgan fingerprint density at radius 3 is 2.92 bits per heavy atom. The molecule has 3 heteroatoms. The van der Waals surface area contributed by atoms with E-state index in [0.29, 0.717) is 11.9 Å². The lowest BCUT2D eigenvalue weighted by Crippen LogP contribution is -2.26. The van der Waals surface area contributed by atoms with Crippen LogP contribution in [0.3, 0.4) is 0 Å². The van der Waals surface area contributed by atoms with Crippen LogP contribution in [-0.2, 0) is 0 Å². The predicted molar refractivity (Wildman–Crippen MR) is 54.7 cm³/mol. The average molecular weight is 177 g/mol. The molecule has 1 aromatic heterocycles. The van der Waals surface area contributed by atoms with E-state index in [1.54, 1.807) is 0 Å². The largest absolute Gasteiger partial charge is 0.384 e. The highest BCUT2D eigenvalue weighted by atomic mass is 15.2. The summed E-state index contributed by atoms with van der Waals surface area (Å²) >= 11 is 0. The smallest absolute Gasteiger partial charge is 0.123 e. The molecule has 0 radical (unpaired) electrons. The fraction of sp³-hybridized carbons (Fsp3) is 0.500. The Hall–Kier alpha value is -1.25. The summed E-state index contributed by atoms with van der Waals surface area (Å²) in [5.74, 6) is 0.593. The number of anilines is 2. The highest BCUT2D eigenvalue weighted by Gasteiger charge is 2.20. The maximum atomic E-state index is 5.53. The van der Waals surface area contributed by atoms with Gasteiger partial charge in [0, 0.05) is 12.6 Å². The molecule has 0 amide bonds. The fourth-order valence-electron chi connectivity index (χ4n) is 1.88. The van der Waals surface area contributed by atoms with E-state index in [4.69, 9.17) is 5.73 Å². The Morgan fingerprint density at radius 2 is 2.38 bits per heavy atom. The lowest BCUT2D eigenvalue weighted by molar-refractivity contribution is 0.734. The molecule has 70 valence electrons. The molecule has 2 heterocycles. The number of nitrogens with two attached hydrogens (primary N) is 1. The van der Waals surface area contributed by atoms with Crippen molar-refractivity contribution in [2.75, 3.05) is 17.2 Å². The zero-order chi connectivity index (χ0) is 9.26. The van der Waals surface area contributed by atoms with E-state index in [2.05, 4.69) is 16.8 Å². The van der Waals surface area contributed by atoms with E-state index in [1.807, 2.05) is 18.3 Å². The van der Waals surface area contributed by atoms with E-state index in [-0.39, 0.29) is 0 Å². The molecule has 1 saturated heterocycles. The van der Waals surface area contributed by atoms with Crippen LogP contribution in [-0.4, -0.2) is 17.6 Å². The molecule has 0 saturated carbocycles. The van der Waals surface area contributed by atoms with Crippen LogP contribution in [0, 0.1) is 0 Å². The first-order valence-corrected chi connectivity index (χ1v) is 4.75. The summed E-state index contributed by atoms with van der Waals surface area (Å²) in [7, 11) is 0. The van der Waals surface area contributed by atoms with Crippen LogP contribution in [0.4, 0.5) is 11.5 Å². The summed E-state index contributed by atoms with van der Waals surface area (Å²) in [4.78, 5) is 6.48. The van der Waals surface area contributed by atoms with Crippen LogP contribution in [0.25, 0.3) is 0 Å². The lowest BCUT2D eigenvalue weighted by Gasteiger charge is -2.23. The Bertz CT molecular complexity index is 281. The normalized spacial score (nSPS) is 22.2. The van der Waals surface area contributed by atoms with E-state index >= 15 is 0 Å². The molecule has 3 nitrogen and oxygen atoms in total. The summed E-state index contributed by atoms with van der Waals surface area (Å²) in [5, 5.41) is 0. The standard InChI is InChI=1S/C10H15N3/c1-8-3-2-6-13(8)9-4-5-10(11)12-7-9/h4-5,7-8H,2-3,6H2,1H3,(H2,11,12)/t8-/m1/s1. The number of pyridine rings is 1. The molecule has 2 N–H and O–H groups in total. The van der Waals surface area contributed by atoms with E-state index in [0.717, 1.165) is 6.54 Å². The molecule has 1 aliphatic heterocycles. The second-order valence-electron chi connectivity index (χ2n) is 3.63. The molecular formula is C10H15N3. The van der Waals surface area contributed by atoms with Crippen LogP contribution in [0.15, 0.2) is 18.3 Å². The first kappa shape index (κ1) is 8.35. The van der Waals surface area contributed by atoms with E-state index in [9.17, 15) is 0 Å². The number of hydrogen-bond acceptors (Lipinski definition) is 3. The number of aromatic nitrogens is 1. The molecule has 13 heavy (non-hydrogen) atoms. The molecule has 0 aliphatic carbocycles. The topological polar surface area (TPSA) is 42.1 Å². The van der Waals surface area contributed by atoms with E-state index < -0.39 is 0 Å². The maximum Gasteiger partial charge on any atom is 0.123 e. The van der Waals surface area contributed by atoms with Crippen molar-refractivity contribution >= 4 is 11.5 Å². The van der Waals surface area contributed by atoms with Crippen LogP contribution < -0.4 is 10.6 Å². The number of hydrogen-bond donors (Lipinski definition) is 1. The molecule has 2 rings (SSSR count). The van der Waals surface area contributed by atoms with Gasteiger partial charge in [-0.25, -0.2) is 4.98 Å². The Labute approximate surface area is 78.6 Å². The molecule has 0 aromatic carbocycles. The quantitative estimate of drug-likeness (QED) is 0.709. The van der Waals surface area contributed by atoms with Crippen LogP contribution in [0.1, 0.15) is 19.8 Å². The van der Waals surface area contributed by atoms with Gasteiger partial charge in [-0.3, -0.25) is 0 Å². The van der Waals surface area contributed by atoms with Crippen molar-refractivity contribution < 1.29 is 0 Å². The Morgan fingerprint density at radius 1 is 1.54 bits per heavy atom. The summed E-state index contributed by atoms with van der Waals surface area (Å²) < 4.78 is 0. The zero-order valence-corrected chi connectivity index (χ0v) is 7.90. The fourth-order valence-corrected chi connectivity index (χ4v) is 1.88. The Kier molecular flexibility index (Phi) is 2.08. The van der Waals surface area contributed by atoms with Gasteiger partial charge in [-0.05, 0) is 31.9 Å². The molecule has 0 bridgehead atoms. The summed E-state index contributed by atoms with van der Waals surface area (Å²) in [5.41, 5.74) is 6.72. The number of nitrogen functional groups attached to an aromatic ring is 1. The van der Waals surface area contributed by atoms with Crippen LogP contribution in [0.5, 0.6) is 0 Å². The SMILES string of the molecule is C[C@@H]1CCCN1c1ccc(N)nc1. The third-order valence-electron chi connectivity index (χ3n) is 2.66. The summed E-state index contributed by atoms with van der Waals surface area (Å²) in [6.45, 7) is 3.40. The highest BCUT2D eigenvalue weighted by molar-refractivity contribution is 5.49. The van der Waals surface area contributed by atoms with Gasteiger partial charge < -0.3 is 10.6 Å². The summed E-state index contributed by atoms with van der Waals surface area (Å²) in [6, 6.07) is 4.55. The molecular weight excluding hydrogens is 162 g/mol. The van der Waals surface area contributed by atoms with Gasteiger partial charge in [0.15, 0.2) is 0 Å². The van der Waals surface area contributed by atoms with Gasteiger partial charge in [-0.2, -0.15) is 0 Å². The molecule has 0 unspecified atom stereocenters. The van der Waals surface area contributed by atoms with Crippen molar-refractivity contribution in [3.8, 4) is 0 Å². The minimum Gasteiger partial charge on any atom is -0.384 e. The average Bonchev–Trinajstić information content (AvgIpc) is 2.53. The van der Waals surface area contributed by atoms with Gasteiger partial charge in [0.2, 0.25) is 0 Å². The van der Waals surface area contributed by atoms with Crippen molar-refractivity contribution in [2.24, 2.45) is 0 Å². The van der Waals surface area contributed by atoms with Crippen molar-refractivity contribution in [3.63, 3.8) is 0 Å². The predicted octanol–water partition coefficient (Wildman–Crippen LogP) is 1.65. The van der Waals surface area contributed by atoms with Gasteiger partial charge in [0.1, 0.15) is 5.82 Å². The van der Waals surface area contributed by atoms with Gasteiger partial charge in [0.05, 0.1) is 11.9 Å². The first-order chi connectivity index (χ1) is 6.27. The van der Waals surface area contributed by atoms with Gasteiger partial charge >= 0.3 is 0 Å². The van der Waals surface area contributed by atoms with Crippen LogP contribution >= 0.6 is 0 Å². The third-order valence-corrected chi connectivity index (χ3v) is 2.66. The second kappa shape index (κ2) is 3.24. The van der Waals surface area contributed by atoms with E-state index in [1.165, 1.54) is 18.5 Å². The minimum absolute atomic E-state index is 0.593. The molecule has 1 atom stereocenters. The number of rotatable bonds is 1. The first-order valence-electron chi connectivity index (χ1n) is 4.75. The number of nitrogens with zero attached hydrogens (tertiary/aromatic N) is 2. The second-order valence-corrected chi connectivity index (χ2v) is 3.63. The minimum atomic E-state index is 0.593. The maximum absolute atomic E-state index is 5.53. The van der Waals surface area contributed by atoms with Crippen molar-refractivity contribution in [1.29, 1.82) is 0 Å². The van der Waals surface area contributed by atoms with Crippen LogP contribution in [0.2, 0.25) is 0 Å². The van der Waals surface area contributed by atoms with Gasteiger partial charge in [-0.1, -0.05) is 0 Å². The third kappa shape index (κ3) is 1.59. The van der Waals surface area contributed by atoms with Gasteiger partial charge in [-0.15, -0.1) is 0 Å². The molecule has 0 spiro atoms. The van der Waals surface area contributed by atoms with Crippen molar-refractivity contribution in [3.05, 3.63) is 18.3 Å². The highest BCUT2D eigenvalue weighted by Crippen LogP contribution is 2.24. The Balaban J connectivity index is 2.20. The monoisotopic (exact) mass is 177 g/mol. The lowest BCUT2D eigenvalue weighted by atomic mass is 10.2. The molecule has 1 aromatic rings. The van der Waals surface area contributed by atoms with Crippen molar-refractivity contribution in [2.45, 2.75) is 25.8 Å². The van der Waals surface area contributed by atoms with Crippen molar-refractivity contribution in [1.82, 2.24) is 4.98 Å². The van der Waals surface area contributed by atoms with Gasteiger partial charge in [0.25, 0.3) is 0 Å².